The average Bonchev–Trinajstić information content (AvgIpc) is 2.38. The highest BCUT2D eigenvalue weighted by atomic mass is 16.4. The molecule has 1 aliphatic carbocycles. The first-order valence-electron chi connectivity index (χ1n) is 6.67. The molecule has 0 bridgehead atoms. The van der Waals surface area contributed by atoms with Crippen molar-refractivity contribution in [1.82, 2.24) is 10.3 Å². The Morgan fingerprint density at radius 1 is 1.50 bits per heavy atom. The molecule has 20 heavy (non-hydrogen) atoms. The molecule has 1 aromatic rings. The standard InChI is InChI=1S/C14H18N2O4/c1-9-3-2-5-14(8-9,13(19)20)16-12(18)10-4-6-15-11(17)7-10/h4,6-7,9H,2-3,5,8H2,1H3,(H,15,17)(H,16,18)(H,19,20). The van der Waals surface area contributed by atoms with Gasteiger partial charge in [0.1, 0.15) is 5.54 Å². The number of carbonyl (C=O) groups excluding carboxylic acids is 1. The van der Waals surface area contributed by atoms with Crippen molar-refractivity contribution in [3.63, 3.8) is 0 Å². The zero-order valence-electron chi connectivity index (χ0n) is 11.3. The topological polar surface area (TPSA) is 99.3 Å². The Labute approximate surface area is 116 Å². The van der Waals surface area contributed by atoms with E-state index in [1.165, 1.54) is 12.3 Å². The monoisotopic (exact) mass is 278 g/mol. The summed E-state index contributed by atoms with van der Waals surface area (Å²) < 4.78 is 0. The summed E-state index contributed by atoms with van der Waals surface area (Å²) in [6, 6.07) is 2.62. The number of nitrogens with one attached hydrogen (secondary N) is 2. The van der Waals surface area contributed by atoms with Crippen molar-refractivity contribution < 1.29 is 14.7 Å². The van der Waals surface area contributed by atoms with Crippen molar-refractivity contribution in [1.29, 1.82) is 0 Å². The first-order valence-corrected chi connectivity index (χ1v) is 6.67. The molecule has 0 radical (unpaired) electrons. The van der Waals surface area contributed by atoms with Gasteiger partial charge < -0.3 is 15.4 Å². The summed E-state index contributed by atoms with van der Waals surface area (Å²) >= 11 is 0. The molecule has 1 heterocycles. The summed E-state index contributed by atoms with van der Waals surface area (Å²) in [7, 11) is 0. The Hall–Kier alpha value is -2.11. The molecule has 3 N–H and O–H groups in total. The van der Waals surface area contributed by atoms with E-state index in [4.69, 9.17) is 0 Å². The number of carbonyl (C=O) groups is 2. The maximum Gasteiger partial charge on any atom is 0.329 e. The first kappa shape index (κ1) is 14.3. The summed E-state index contributed by atoms with van der Waals surface area (Å²) in [5.74, 6) is -1.28. The average molecular weight is 278 g/mol. The van der Waals surface area contributed by atoms with Gasteiger partial charge in [0.15, 0.2) is 0 Å². The number of amides is 1. The van der Waals surface area contributed by atoms with Crippen LogP contribution in [0.1, 0.15) is 43.0 Å². The molecule has 2 unspecified atom stereocenters. The van der Waals surface area contributed by atoms with Gasteiger partial charge in [0, 0.05) is 17.8 Å². The lowest BCUT2D eigenvalue weighted by atomic mass is 9.76. The van der Waals surface area contributed by atoms with Crippen molar-refractivity contribution in [3.05, 3.63) is 34.2 Å². The van der Waals surface area contributed by atoms with Gasteiger partial charge in [0.2, 0.25) is 5.56 Å². The Kier molecular flexibility index (Phi) is 3.92. The van der Waals surface area contributed by atoms with Crippen LogP contribution < -0.4 is 10.9 Å². The van der Waals surface area contributed by atoms with Gasteiger partial charge >= 0.3 is 5.97 Å². The van der Waals surface area contributed by atoms with Crippen LogP contribution in [0, 0.1) is 5.92 Å². The number of carboxylic acids is 1. The number of aliphatic carboxylic acids is 1. The van der Waals surface area contributed by atoms with Crippen molar-refractivity contribution in [2.75, 3.05) is 0 Å². The van der Waals surface area contributed by atoms with Crippen LogP contribution in [-0.4, -0.2) is 27.5 Å². The molecule has 0 aromatic carbocycles. The first-order chi connectivity index (χ1) is 9.43. The Balaban J connectivity index is 2.22. The number of hydrogen-bond donors (Lipinski definition) is 3. The van der Waals surface area contributed by atoms with Crippen LogP contribution in [0.5, 0.6) is 0 Å². The van der Waals surface area contributed by atoms with Gasteiger partial charge in [-0.15, -0.1) is 0 Å². The number of hydrogen-bond acceptors (Lipinski definition) is 3. The molecular formula is C14H18N2O4. The molecule has 1 aliphatic rings. The molecule has 1 aromatic heterocycles. The second kappa shape index (κ2) is 5.48. The van der Waals surface area contributed by atoms with Gasteiger partial charge in [-0.05, 0) is 24.8 Å². The van der Waals surface area contributed by atoms with E-state index in [9.17, 15) is 19.5 Å². The van der Waals surface area contributed by atoms with E-state index in [-0.39, 0.29) is 17.0 Å². The summed E-state index contributed by atoms with van der Waals surface area (Å²) in [5, 5.41) is 12.1. The van der Waals surface area contributed by atoms with Crippen molar-refractivity contribution in [2.24, 2.45) is 5.92 Å². The van der Waals surface area contributed by atoms with Gasteiger partial charge in [-0.1, -0.05) is 19.8 Å². The van der Waals surface area contributed by atoms with Crippen LogP contribution in [0.4, 0.5) is 0 Å². The summed E-state index contributed by atoms with van der Waals surface area (Å²) in [4.78, 5) is 37.3. The van der Waals surface area contributed by atoms with Crippen molar-refractivity contribution in [3.8, 4) is 0 Å². The Morgan fingerprint density at radius 2 is 2.25 bits per heavy atom. The summed E-state index contributed by atoms with van der Waals surface area (Å²) in [6.07, 6.45) is 3.94. The molecule has 2 rings (SSSR count). The van der Waals surface area contributed by atoms with Gasteiger partial charge in [0.05, 0.1) is 0 Å². The number of rotatable bonds is 3. The lowest BCUT2D eigenvalue weighted by molar-refractivity contribution is -0.146. The van der Waals surface area contributed by atoms with Gasteiger partial charge in [-0.2, -0.15) is 0 Å². The highest BCUT2D eigenvalue weighted by molar-refractivity contribution is 5.97. The highest BCUT2D eigenvalue weighted by Crippen LogP contribution is 2.32. The number of carboxylic acid groups (broad SMARTS) is 1. The van der Waals surface area contributed by atoms with Crippen LogP contribution in [0.25, 0.3) is 0 Å². The molecule has 1 saturated carbocycles. The number of aromatic nitrogens is 1. The van der Waals surface area contributed by atoms with E-state index in [0.29, 0.717) is 12.8 Å². The largest absolute Gasteiger partial charge is 0.480 e. The van der Waals surface area contributed by atoms with Crippen molar-refractivity contribution >= 4 is 11.9 Å². The maximum atomic E-state index is 12.2. The number of H-pyrrole nitrogens is 1. The van der Waals surface area contributed by atoms with E-state index in [0.717, 1.165) is 18.9 Å². The highest BCUT2D eigenvalue weighted by Gasteiger charge is 2.43. The quantitative estimate of drug-likeness (QED) is 0.772. The van der Waals surface area contributed by atoms with Crippen LogP contribution in [0.15, 0.2) is 23.1 Å². The molecule has 2 atom stereocenters. The molecule has 0 saturated heterocycles. The predicted molar refractivity (Wildman–Crippen MR) is 72.5 cm³/mol. The third-order valence-corrected chi connectivity index (χ3v) is 3.80. The van der Waals surface area contributed by atoms with E-state index in [1.807, 2.05) is 6.92 Å². The third-order valence-electron chi connectivity index (χ3n) is 3.80. The third kappa shape index (κ3) is 2.89. The van der Waals surface area contributed by atoms with Crippen LogP contribution in [0.3, 0.4) is 0 Å². The minimum Gasteiger partial charge on any atom is -0.480 e. The fourth-order valence-corrected chi connectivity index (χ4v) is 2.79. The van der Waals surface area contributed by atoms with E-state index < -0.39 is 17.4 Å². The molecule has 6 heteroatoms. The van der Waals surface area contributed by atoms with Crippen LogP contribution in [0.2, 0.25) is 0 Å². The second-order valence-electron chi connectivity index (χ2n) is 5.48. The van der Waals surface area contributed by atoms with Gasteiger partial charge in [-0.3, -0.25) is 9.59 Å². The lowest BCUT2D eigenvalue weighted by Gasteiger charge is -2.37. The fourth-order valence-electron chi connectivity index (χ4n) is 2.79. The normalized spacial score (nSPS) is 25.9. The second-order valence-corrected chi connectivity index (χ2v) is 5.48. The van der Waals surface area contributed by atoms with Gasteiger partial charge in [-0.25, -0.2) is 4.79 Å². The SMILES string of the molecule is CC1CCCC(NC(=O)c2cc[nH]c(=O)c2)(C(=O)O)C1. The molecular weight excluding hydrogens is 260 g/mol. The minimum atomic E-state index is -1.22. The van der Waals surface area contributed by atoms with Gasteiger partial charge in [0.25, 0.3) is 5.91 Å². The molecule has 108 valence electrons. The molecule has 1 amide bonds. The molecule has 0 aliphatic heterocycles. The van der Waals surface area contributed by atoms with E-state index in [1.54, 1.807) is 0 Å². The molecule has 6 nitrogen and oxygen atoms in total. The molecule has 1 fully saturated rings. The van der Waals surface area contributed by atoms with Crippen LogP contribution in [-0.2, 0) is 4.79 Å². The lowest BCUT2D eigenvalue weighted by Crippen LogP contribution is -2.56. The van der Waals surface area contributed by atoms with Crippen LogP contribution >= 0.6 is 0 Å². The number of pyridine rings is 1. The summed E-state index contributed by atoms with van der Waals surface area (Å²) in [5.41, 5.74) is -1.44. The fraction of sp³-hybridized carbons (Fsp3) is 0.500. The van der Waals surface area contributed by atoms with Crippen molar-refractivity contribution in [2.45, 2.75) is 38.1 Å². The minimum absolute atomic E-state index is 0.174. The van der Waals surface area contributed by atoms with E-state index >= 15 is 0 Å². The summed E-state index contributed by atoms with van der Waals surface area (Å²) in [6.45, 7) is 1.98. The Morgan fingerprint density at radius 3 is 2.85 bits per heavy atom. The van der Waals surface area contributed by atoms with E-state index in [2.05, 4.69) is 10.3 Å². The zero-order valence-corrected chi connectivity index (χ0v) is 11.3. The number of aromatic amines is 1. The molecule has 0 spiro atoms. The predicted octanol–water partition coefficient (Wildman–Crippen LogP) is 1.14. The maximum absolute atomic E-state index is 12.2. The zero-order chi connectivity index (χ0) is 14.8. The Bertz CT molecular complexity index is 581. The smallest absolute Gasteiger partial charge is 0.329 e.